The Morgan fingerprint density at radius 3 is 2.81 bits per heavy atom. The third kappa shape index (κ3) is 3.61. The molecule has 0 radical (unpaired) electrons. The van der Waals surface area contributed by atoms with Gasteiger partial charge in [-0.25, -0.2) is 0 Å². The van der Waals surface area contributed by atoms with Gasteiger partial charge in [-0.2, -0.15) is 0 Å². The van der Waals surface area contributed by atoms with Gasteiger partial charge in [0.25, 0.3) is 0 Å². The maximum Gasteiger partial charge on any atom is 0.316 e. The number of rotatable bonds is 5. The fourth-order valence-electron chi connectivity index (χ4n) is 1.04. The van der Waals surface area contributed by atoms with Crippen LogP contribution in [0, 0.1) is 0 Å². The van der Waals surface area contributed by atoms with E-state index in [1.807, 2.05) is 5.38 Å². The molecule has 88 valence electrons. The van der Waals surface area contributed by atoms with Crippen LogP contribution in [0.25, 0.3) is 0 Å². The van der Waals surface area contributed by atoms with Crippen LogP contribution in [-0.4, -0.2) is 24.1 Å². The highest BCUT2D eigenvalue weighted by atomic mass is 79.9. The van der Waals surface area contributed by atoms with E-state index in [0.717, 1.165) is 9.37 Å². The van der Waals surface area contributed by atoms with Gasteiger partial charge in [-0.15, -0.1) is 23.1 Å². The Labute approximate surface area is 111 Å². The van der Waals surface area contributed by atoms with E-state index < -0.39 is 0 Å². The zero-order valence-corrected chi connectivity index (χ0v) is 12.1. The number of thiophene rings is 1. The van der Waals surface area contributed by atoms with Gasteiger partial charge in [-0.05, 0) is 29.8 Å². The number of halogens is 1. The average Bonchev–Trinajstić information content (AvgIpc) is 2.57. The van der Waals surface area contributed by atoms with E-state index in [2.05, 4.69) is 15.9 Å². The summed E-state index contributed by atoms with van der Waals surface area (Å²) in [6.45, 7) is 3.67. The van der Waals surface area contributed by atoms with Gasteiger partial charge in [0.15, 0.2) is 5.78 Å². The molecule has 0 aliphatic carbocycles. The number of hydrogen-bond acceptors (Lipinski definition) is 5. The van der Waals surface area contributed by atoms with Crippen molar-refractivity contribution in [2.75, 3.05) is 12.4 Å². The number of carbonyl (C=O) groups excluding carboxylic acids is 2. The standard InChI is InChI=1S/C10H11BrO3S2/c1-3-14-8(13)5-16-10-7(11)4-15-9(10)6(2)12/h4H,3,5H2,1-2H3. The molecule has 1 rings (SSSR count). The van der Waals surface area contributed by atoms with Crippen molar-refractivity contribution in [3.63, 3.8) is 0 Å². The van der Waals surface area contributed by atoms with Crippen LogP contribution in [0.3, 0.4) is 0 Å². The Hall–Kier alpha value is -0.330. The van der Waals surface area contributed by atoms with Gasteiger partial charge >= 0.3 is 5.97 Å². The molecule has 0 saturated heterocycles. The van der Waals surface area contributed by atoms with Crippen LogP contribution >= 0.6 is 39.0 Å². The molecule has 0 amide bonds. The number of thioether (sulfide) groups is 1. The minimum atomic E-state index is -0.264. The summed E-state index contributed by atoms with van der Waals surface area (Å²) in [7, 11) is 0. The van der Waals surface area contributed by atoms with Gasteiger partial charge in [0, 0.05) is 14.7 Å². The van der Waals surface area contributed by atoms with Crippen molar-refractivity contribution in [2.24, 2.45) is 0 Å². The highest BCUT2D eigenvalue weighted by Gasteiger charge is 2.15. The van der Waals surface area contributed by atoms with Crippen LogP contribution < -0.4 is 0 Å². The molecule has 0 saturated carbocycles. The average molecular weight is 323 g/mol. The maximum atomic E-state index is 11.3. The van der Waals surface area contributed by atoms with E-state index in [1.54, 1.807) is 6.92 Å². The van der Waals surface area contributed by atoms with E-state index in [0.29, 0.717) is 11.5 Å². The summed E-state index contributed by atoms with van der Waals surface area (Å²) in [4.78, 5) is 24.0. The van der Waals surface area contributed by atoms with Crippen molar-refractivity contribution >= 4 is 50.8 Å². The summed E-state index contributed by atoms with van der Waals surface area (Å²) in [5.41, 5.74) is 0. The topological polar surface area (TPSA) is 43.4 Å². The highest BCUT2D eigenvalue weighted by Crippen LogP contribution is 2.36. The Kier molecular flexibility index (Phi) is 5.51. The number of ether oxygens (including phenoxy) is 1. The molecular formula is C10H11BrO3S2. The lowest BCUT2D eigenvalue weighted by atomic mass is 10.3. The van der Waals surface area contributed by atoms with Crippen molar-refractivity contribution in [2.45, 2.75) is 18.7 Å². The van der Waals surface area contributed by atoms with Crippen molar-refractivity contribution in [3.8, 4) is 0 Å². The van der Waals surface area contributed by atoms with Gasteiger partial charge in [0.2, 0.25) is 0 Å². The van der Waals surface area contributed by atoms with Crippen LogP contribution in [0.2, 0.25) is 0 Å². The molecule has 0 unspecified atom stereocenters. The third-order valence-electron chi connectivity index (χ3n) is 1.66. The Balaban J connectivity index is 2.69. The summed E-state index contributed by atoms with van der Waals surface area (Å²) < 4.78 is 5.68. The third-order valence-corrected chi connectivity index (χ3v) is 5.16. The van der Waals surface area contributed by atoms with Crippen LogP contribution in [0.1, 0.15) is 23.5 Å². The molecule has 6 heteroatoms. The van der Waals surface area contributed by atoms with Crippen molar-refractivity contribution in [1.82, 2.24) is 0 Å². The van der Waals surface area contributed by atoms with E-state index in [-0.39, 0.29) is 17.5 Å². The van der Waals surface area contributed by atoms with Crippen molar-refractivity contribution < 1.29 is 14.3 Å². The summed E-state index contributed by atoms with van der Waals surface area (Å²) in [5, 5.41) is 1.85. The molecule has 0 N–H and O–H groups in total. The molecule has 3 nitrogen and oxygen atoms in total. The SMILES string of the molecule is CCOC(=O)CSc1c(Br)csc1C(C)=O. The van der Waals surface area contributed by atoms with Crippen LogP contribution in [-0.2, 0) is 9.53 Å². The first-order valence-electron chi connectivity index (χ1n) is 4.62. The Morgan fingerprint density at radius 1 is 1.56 bits per heavy atom. The van der Waals surface area contributed by atoms with Crippen molar-refractivity contribution in [1.29, 1.82) is 0 Å². The quantitative estimate of drug-likeness (QED) is 0.473. The molecular weight excluding hydrogens is 312 g/mol. The monoisotopic (exact) mass is 322 g/mol. The summed E-state index contributed by atoms with van der Waals surface area (Å²) in [5.74, 6) is -0.0224. The fraction of sp³-hybridized carbons (Fsp3) is 0.400. The molecule has 0 spiro atoms. The molecule has 1 heterocycles. The number of carbonyl (C=O) groups is 2. The largest absolute Gasteiger partial charge is 0.465 e. The van der Waals surface area contributed by atoms with Crippen molar-refractivity contribution in [3.05, 3.63) is 14.7 Å². The number of Topliss-reactive ketones (excluding diaryl/α,β-unsaturated/α-hetero) is 1. The smallest absolute Gasteiger partial charge is 0.316 e. The Morgan fingerprint density at radius 2 is 2.25 bits per heavy atom. The molecule has 0 aliphatic heterocycles. The molecule has 0 bridgehead atoms. The minimum absolute atomic E-state index is 0.0158. The second-order valence-corrected chi connectivity index (χ2v) is 5.61. The summed E-state index contributed by atoms with van der Waals surface area (Å²) >= 11 is 6.06. The minimum Gasteiger partial charge on any atom is -0.465 e. The zero-order valence-electron chi connectivity index (χ0n) is 8.91. The van der Waals surface area contributed by atoms with Gasteiger partial charge < -0.3 is 4.74 Å². The normalized spacial score (nSPS) is 10.2. The fourth-order valence-corrected chi connectivity index (χ4v) is 3.93. The molecule has 1 aromatic heterocycles. The zero-order chi connectivity index (χ0) is 12.1. The summed E-state index contributed by atoms with van der Waals surface area (Å²) in [6.07, 6.45) is 0. The van der Waals surface area contributed by atoms with E-state index in [1.165, 1.54) is 30.0 Å². The molecule has 0 aromatic carbocycles. The second-order valence-electron chi connectivity index (χ2n) is 2.89. The predicted molar refractivity (Wildman–Crippen MR) is 69.4 cm³/mol. The van der Waals surface area contributed by atoms with Gasteiger partial charge in [-0.3, -0.25) is 9.59 Å². The lowest BCUT2D eigenvalue weighted by Crippen LogP contribution is -2.06. The van der Waals surface area contributed by atoms with Crippen LogP contribution in [0.15, 0.2) is 14.7 Å². The molecule has 16 heavy (non-hydrogen) atoms. The summed E-state index contributed by atoms with van der Waals surface area (Å²) in [6, 6.07) is 0. The molecule has 0 fully saturated rings. The second kappa shape index (κ2) is 6.42. The van der Waals surface area contributed by atoms with E-state index >= 15 is 0 Å². The molecule has 0 atom stereocenters. The van der Waals surface area contributed by atoms with E-state index in [9.17, 15) is 9.59 Å². The highest BCUT2D eigenvalue weighted by molar-refractivity contribution is 9.10. The maximum absolute atomic E-state index is 11.3. The molecule has 1 aromatic rings. The van der Waals surface area contributed by atoms with Crippen LogP contribution in [0.5, 0.6) is 0 Å². The lowest BCUT2D eigenvalue weighted by molar-refractivity contribution is -0.139. The van der Waals surface area contributed by atoms with Gasteiger partial charge in [-0.1, -0.05) is 0 Å². The number of esters is 1. The lowest BCUT2D eigenvalue weighted by Gasteiger charge is -2.02. The van der Waals surface area contributed by atoms with Gasteiger partial charge in [0.05, 0.1) is 17.2 Å². The van der Waals surface area contributed by atoms with Crippen LogP contribution in [0.4, 0.5) is 0 Å². The van der Waals surface area contributed by atoms with Gasteiger partial charge in [0.1, 0.15) is 0 Å². The predicted octanol–water partition coefficient (Wildman–Crippen LogP) is 3.37. The van der Waals surface area contributed by atoms with E-state index in [4.69, 9.17) is 4.74 Å². The number of ketones is 1. The molecule has 0 aliphatic rings. The number of hydrogen-bond donors (Lipinski definition) is 0. The Bertz CT molecular complexity index is 401. The first-order valence-corrected chi connectivity index (χ1v) is 7.28. The first kappa shape index (κ1) is 13.7. The first-order chi connectivity index (χ1) is 7.56.